The molecule has 0 aliphatic carbocycles. The molecular formula is C19H23ClN4S. The second kappa shape index (κ2) is 9.11. The molecule has 132 valence electrons. The number of aliphatic imine (C=N–C) groups is 1. The van der Waals surface area contributed by atoms with Crippen LogP contribution in [0.25, 0.3) is 0 Å². The van der Waals surface area contributed by atoms with Crippen LogP contribution in [-0.2, 0) is 6.54 Å². The molecular weight excluding hydrogens is 352 g/mol. The first-order valence-corrected chi connectivity index (χ1v) is 9.85. The quantitative estimate of drug-likeness (QED) is 0.372. The minimum absolute atomic E-state index is 0.520. The van der Waals surface area contributed by atoms with Gasteiger partial charge in [-0.05, 0) is 36.1 Å². The molecule has 1 aliphatic heterocycles. The highest BCUT2D eigenvalue weighted by atomic mass is 35.5. The smallest absolute Gasteiger partial charge is 0.193 e. The average Bonchev–Trinajstić information content (AvgIpc) is 3.12. The lowest BCUT2D eigenvalue weighted by Gasteiger charge is -2.21. The van der Waals surface area contributed by atoms with Crippen LogP contribution in [0, 0.1) is 5.92 Å². The van der Waals surface area contributed by atoms with Gasteiger partial charge in [0.05, 0.1) is 0 Å². The maximum Gasteiger partial charge on any atom is 0.193 e. The van der Waals surface area contributed by atoms with Crippen LogP contribution in [0.1, 0.15) is 12.0 Å². The Labute approximate surface area is 158 Å². The summed E-state index contributed by atoms with van der Waals surface area (Å²) in [5, 5.41) is 3.95. The number of rotatable bonds is 5. The van der Waals surface area contributed by atoms with Crippen molar-refractivity contribution in [3.8, 4) is 0 Å². The molecule has 1 atom stereocenters. The van der Waals surface area contributed by atoms with Crippen LogP contribution in [0.15, 0.2) is 58.5 Å². The number of aromatic nitrogens is 1. The maximum atomic E-state index is 5.83. The van der Waals surface area contributed by atoms with Crippen LogP contribution in [0.5, 0.6) is 0 Å². The number of benzene rings is 1. The van der Waals surface area contributed by atoms with Gasteiger partial charge in [-0.3, -0.25) is 4.99 Å². The Morgan fingerprint density at radius 1 is 1.32 bits per heavy atom. The van der Waals surface area contributed by atoms with Crippen LogP contribution < -0.4 is 5.32 Å². The first-order chi connectivity index (χ1) is 12.2. The number of likely N-dealkylation sites (tertiary alicyclic amines) is 1. The standard InChI is InChI=1S/C19H23ClN4S/c1-21-19(23-12-15-7-8-18(20)22-11-15)24-10-9-16(13-24)14-25-17-5-3-2-4-6-17/h2-8,11,16H,9-10,12-14H2,1H3,(H,21,23). The molecule has 0 saturated carbocycles. The highest BCUT2D eigenvalue weighted by Gasteiger charge is 2.24. The van der Waals surface area contributed by atoms with E-state index in [1.807, 2.05) is 30.9 Å². The maximum absolute atomic E-state index is 5.83. The van der Waals surface area contributed by atoms with E-state index < -0.39 is 0 Å². The largest absolute Gasteiger partial charge is 0.352 e. The van der Waals surface area contributed by atoms with Gasteiger partial charge in [0, 0.05) is 43.5 Å². The van der Waals surface area contributed by atoms with Gasteiger partial charge in [-0.25, -0.2) is 4.98 Å². The molecule has 4 nitrogen and oxygen atoms in total. The van der Waals surface area contributed by atoms with Gasteiger partial charge in [0.1, 0.15) is 5.15 Å². The molecule has 25 heavy (non-hydrogen) atoms. The summed E-state index contributed by atoms with van der Waals surface area (Å²) in [4.78, 5) is 12.2. The Morgan fingerprint density at radius 3 is 2.88 bits per heavy atom. The average molecular weight is 375 g/mol. The number of pyridine rings is 1. The fraction of sp³-hybridized carbons (Fsp3) is 0.368. The molecule has 1 unspecified atom stereocenters. The fourth-order valence-corrected chi connectivity index (χ4v) is 4.08. The Balaban J connectivity index is 1.47. The predicted octanol–water partition coefficient (Wildman–Crippen LogP) is 3.92. The SMILES string of the molecule is CN=C(NCc1ccc(Cl)nc1)N1CCC(CSc2ccccc2)C1. The summed E-state index contributed by atoms with van der Waals surface area (Å²) in [5.74, 6) is 2.81. The van der Waals surface area contributed by atoms with Gasteiger partial charge in [-0.2, -0.15) is 0 Å². The first-order valence-electron chi connectivity index (χ1n) is 8.48. The highest BCUT2D eigenvalue weighted by molar-refractivity contribution is 7.99. The molecule has 1 fully saturated rings. The second-order valence-corrected chi connectivity index (χ2v) is 7.60. The van der Waals surface area contributed by atoms with E-state index in [4.69, 9.17) is 11.6 Å². The van der Waals surface area contributed by atoms with Crippen LogP contribution >= 0.6 is 23.4 Å². The zero-order chi connectivity index (χ0) is 17.5. The van der Waals surface area contributed by atoms with Crippen LogP contribution in [-0.4, -0.2) is 41.7 Å². The summed E-state index contributed by atoms with van der Waals surface area (Å²) in [6, 6.07) is 14.4. The molecule has 2 heterocycles. The van der Waals surface area contributed by atoms with Crippen molar-refractivity contribution in [2.24, 2.45) is 10.9 Å². The molecule has 0 spiro atoms. The third-order valence-corrected chi connectivity index (χ3v) is 5.73. The summed E-state index contributed by atoms with van der Waals surface area (Å²) in [5.41, 5.74) is 1.10. The first kappa shape index (κ1) is 18.1. The Morgan fingerprint density at radius 2 is 2.16 bits per heavy atom. The van der Waals surface area contributed by atoms with E-state index >= 15 is 0 Å². The zero-order valence-corrected chi connectivity index (χ0v) is 15.9. The van der Waals surface area contributed by atoms with Gasteiger partial charge < -0.3 is 10.2 Å². The van der Waals surface area contributed by atoms with Gasteiger partial charge in [0.15, 0.2) is 5.96 Å². The van der Waals surface area contributed by atoms with Gasteiger partial charge in [0.2, 0.25) is 0 Å². The van der Waals surface area contributed by atoms with E-state index in [1.54, 1.807) is 6.20 Å². The summed E-state index contributed by atoms with van der Waals surface area (Å²) in [6.07, 6.45) is 3.01. The van der Waals surface area contributed by atoms with Gasteiger partial charge >= 0.3 is 0 Å². The van der Waals surface area contributed by atoms with Gasteiger partial charge in [-0.1, -0.05) is 35.9 Å². The second-order valence-electron chi connectivity index (χ2n) is 6.11. The molecule has 2 aromatic rings. The number of thioether (sulfide) groups is 1. The number of halogens is 1. The Kier molecular flexibility index (Phi) is 6.59. The summed E-state index contributed by atoms with van der Waals surface area (Å²) in [7, 11) is 1.84. The van der Waals surface area contributed by atoms with E-state index in [2.05, 4.69) is 50.5 Å². The Bertz CT molecular complexity index is 690. The lowest BCUT2D eigenvalue weighted by molar-refractivity contribution is 0.474. The van der Waals surface area contributed by atoms with Crippen molar-refractivity contribution in [2.45, 2.75) is 17.9 Å². The number of hydrogen-bond donors (Lipinski definition) is 1. The third-order valence-electron chi connectivity index (χ3n) is 4.27. The molecule has 0 bridgehead atoms. The van der Waals surface area contributed by atoms with Crippen molar-refractivity contribution in [1.82, 2.24) is 15.2 Å². The van der Waals surface area contributed by atoms with E-state index in [9.17, 15) is 0 Å². The molecule has 0 radical (unpaired) electrons. The molecule has 1 aromatic heterocycles. The van der Waals surface area contributed by atoms with Crippen molar-refractivity contribution >= 4 is 29.3 Å². The zero-order valence-electron chi connectivity index (χ0n) is 14.4. The lowest BCUT2D eigenvalue weighted by atomic mass is 10.2. The molecule has 0 amide bonds. The summed E-state index contributed by atoms with van der Waals surface area (Å²) < 4.78 is 0. The van der Waals surface area contributed by atoms with Crippen molar-refractivity contribution in [3.63, 3.8) is 0 Å². The number of hydrogen-bond acceptors (Lipinski definition) is 3. The topological polar surface area (TPSA) is 40.5 Å². The molecule has 1 aliphatic rings. The van der Waals surface area contributed by atoms with Crippen molar-refractivity contribution in [2.75, 3.05) is 25.9 Å². The normalized spacial score (nSPS) is 17.8. The minimum Gasteiger partial charge on any atom is -0.352 e. The van der Waals surface area contributed by atoms with E-state index in [0.29, 0.717) is 17.6 Å². The monoisotopic (exact) mass is 374 g/mol. The number of nitrogens with zero attached hydrogens (tertiary/aromatic N) is 3. The minimum atomic E-state index is 0.520. The molecule has 1 saturated heterocycles. The summed E-state index contributed by atoms with van der Waals surface area (Å²) in [6.45, 7) is 2.81. The van der Waals surface area contributed by atoms with Crippen molar-refractivity contribution < 1.29 is 0 Å². The fourth-order valence-electron chi connectivity index (χ4n) is 2.92. The molecule has 6 heteroatoms. The van der Waals surface area contributed by atoms with Crippen LogP contribution in [0.2, 0.25) is 5.15 Å². The molecule has 1 aromatic carbocycles. The molecule has 3 rings (SSSR count). The third kappa shape index (κ3) is 5.38. The number of guanidine groups is 1. The highest BCUT2D eigenvalue weighted by Crippen LogP contribution is 2.25. The molecule has 1 N–H and O–H groups in total. The summed E-state index contributed by atoms with van der Waals surface area (Å²) >= 11 is 7.77. The van der Waals surface area contributed by atoms with E-state index in [0.717, 1.165) is 30.4 Å². The van der Waals surface area contributed by atoms with Gasteiger partial charge in [-0.15, -0.1) is 11.8 Å². The predicted molar refractivity (Wildman–Crippen MR) is 106 cm³/mol. The van der Waals surface area contributed by atoms with Crippen molar-refractivity contribution in [3.05, 3.63) is 59.4 Å². The number of nitrogens with one attached hydrogen (secondary N) is 1. The van der Waals surface area contributed by atoms with Gasteiger partial charge in [0.25, 0.3) is 0 Å². The van der Waals surface area contributed by atoms with E-state index in [-0.39, 0.29) is 0 Å². The van der Waals surface area contributed by atoms with Crippen LogP contribution in [0.4, 0.5) is 0 Å². The lowest BCUT2D eigenvalue weighted by Crippen LogP contribution is -2.39. The Hall–Kier alpha value is -1.72. The van der Waals surface area contributed by atoms with E-state index in [1.165, 1.54) is 11.3 Å². The van der Waals surface area contributed by atoms with Crippen molar-refractivity contribution in [1.29, 1.82) is 0 Å². The van der Waals surface area contributed by atoms with Crippen LogP contribution in [0.3, 0.4) is 0 Å².